The van der Waals surface area contributed by atoms with Crippen molar-refractivity contribution in [3.63, 3.8) is 0 Å². The molecule has 0 saturated heterocycles. The molecule has 0 aliphatic carbocycles. The summed E-state index contributed by atoms with van der Waals surface area (Å²) in [6.07, 6.45) is 4.22. The molecule has 0 spiro atoms. The van der Waals surface area contributed by atoms with Crippen LogP contribution in [-0.2, 0) is 0 Å². The second-order valence-corrected chi connectivity index (χ2v) is 7.28. The molecule has 6 aromatic rings. The van der Waals surface area contributed by atoms with E-state index in [1.165, 1.54) is 15.2 Å². The van der Waals surface area contributed by atoms with Gasteiger partial charge in [0, 0.05) is 6.07 Å². The Morgan fingerprint density at radius 2 is 1.50 bits per heavy atom. The van der Waals surface area contributed by atoms with E-state index in [1.54, 1.807) is 11.3 Å². The lowest BCUT2D eigenvalue weighted by Crippen LogP contribution is -2.27. The van der Waals surface area contributed by atoms with E-state index in [0.717, 1.165) is 27.8 Å². The van der Waals surface area contributed by atoms with Crippen molar-refractivity contribution in [3.05, 3.63) is 79.1 Å². The summed E-state index contributed by atoms with van der Waals surface area (Å²) in [7, 11) is 0. The molecule has 26 heavy (non-hydrogen) atoms. The fourth-order valence-electron chi connectivity index (χ4n) is 3.45. The minimum Gasteiger partial charge on any atom is -0.244 e. The van der Waals surface area contributed by atoms with Crippen LogP contribution in [0.15, 0.2) is 79.1 Å². The highest BCUT2D eigenvalue weighted by Gasteiger charge is 2.18. The average molecular weight is 353 g/mol. The number of aromatic nitrogens is 4. The Labute approximate surface area is 152 Å². The number of thiazole rings is 1. The maximum atomic E-state index is 4.79. The first-order valence-corrected chi connectivity index (χ1v) is 9.26. The highest BCUT2D eigenvalue weighted by Crippen LogP contribution is 2.25. The van der Waals surface area contributed by atoms with Gasteiger partial charge in [-0.25, -0.2) is 9.97 Å². The molecule has 3 aromatic heterocycles. The van der Waals surface area contributed by atoms with E-state index in [9.17, 15) is 0 Å². The van der Waals surface area contributed by atoms with Crippen LogP contribution in [0.1, 0.15) is 0 Å². The molecule has 6 rings (SSSR count). The summed E-state index contributed by atoms with van der Waals surface area (Å²) in [5.74, 6) is 0. The fraction of sp³-hybridized carbons (Fsp3) is 0. The molecule has 0 fully saturated rings. The van der Waals surface area contributed by atoms with Crippen LogP contribution in [0, 0.1) is 0 Å². The Morgan fingerprint density at radius 3 is 2.38 bits per heavy atom. The second-order valence-electron chi connectivity index (χ2n) is 6.28. The van der Waals surface area contributed by atoms with Gasteiger partial charge in [-0.3, -0.25) is 0 Å². The van der Waals surface area contributed by atoms with Crippen LogP contribution >= 0.6 is 11.3 Å². The molecule has 0 bridgehead atoms. The van der Waals surface area contributed by atoms with Crippen molar-refractivity contribution < 1.29 is 4.57 Å². The van der Waals surface area contributed by atoms with Gasteiger partial charge in [0.15, 0.2) is 5.52 Å². The summed E-state index contributed by atoms with van der Waals surface area (Å²) < 4.78 is 5.72. The van der Waals surface area contributed by atoms with Crippen LogP contribution in [0.5, 0.6) is 0 Å². The largest absolute Gasteiger partial charge is 0.351 e. The number of fused-ring (bicyclic) bond motifs is 5. The van der Waals surface area contributed by atoms with E-state index < -0.39 is 0 Å². The Hall–Kier alpha value is -3.31. The first-order chi connectivity index (χ1) is 12.9. The number of nitrogens with zero attached hydrogens (tertiary/aromatic N) is 4. The lowest BCUT2D eigenvalue weighted by Gasteiger charge is -2.02. The summed E-state index contributed by atoms with van der Waals surface area (Å²) in [6.45, 7) is 0. The minimum absolute atomic E-state index is 0.911. The standard InChI is InChI=1S/C21H13N4S/c1-2-6-16-15(5-1)22-17-10-9-14(13-18(17)23-16)24-11-12-25-19-7-3-4-8-20(19)26-21(24)25/h1-13H/q+1. The van der Waals surface area contributed by atoms with Crippen molar-refractivity contribution in [3.8, 4) is 5.69 Å². The molecular formula is C21H13N4S+. The van der Waals surface area contributed by atoms with Gasteiger partial charge in [-0.05, 0) is 47.7 Å². The quantitative estimate of drug-likeness (QED) is 0.321. The normalized spacial score (nSPS) is 11.8. The van der Waals surface area contributed by atoms with Gasteiger partial charge in [-0.1, -0.05) is 24.3 Å². The van der Waals surface area contributed by atoms with Crippen molar-refractivity contribution in [2.75, 3.05) is 0 Å². The van der Waals surface area contributed by atoms with Crippen molar-refractivity contribution in [1.29, 1.82) is 0 Å². The van der Waals surface area contributed by atoms with E-state index >= 15 is 0 Å². The first kappa shape index (κ1) is 13.9. The zero-order valence-corrected chi connectivity index (χ0v) is 14.5. The van der Waals surface area contributed by atoms with Crippen molar-refractivity contribution in [1.82, 2.24) is 14.4 Å². The average Bonchev–Trinajstić information content (AvgIpc) is 3.25. The summed E-state index contributed by atoms with van der Waals surface area (Å²) in [5.41, 5.74) is 6.00. The maximum Gasteiger partial charge on any atom is 0.351 e. The zero-order valence-electron chi connectivity index (χ0n) is 13.7. The predicted octanol–water partition coefficient (Wildman–Crippen LogP) is 4.53. The molecule has 5 heteroatoms. The monoisotopic (exact) mass is 353 g/mol. The van der Waals surface area contributed by atoms with Crippen LogP contribution in [-0.4, -0.2) is 14.4 Å². The van der Waals surface area contributed by atoms with E-state index in [1.807, 2.05) is 30.3 Å². The molecule has 122 valence electrons. The van der Waals surface area contributed by atoms with Gasteiger partial charge in [-0.2, -0.15) is 8.97 Å². The molecule has 0 aliphatic rings. The number of hydrogen-bond donors (Lipinski definition) is 0. The Kier molecular flexibility index (Phi) is 2.73. The molecule has 3 aromatic carbocycles. The van der Waals surface area contributed by atoms with Crippen molar-refractivity contribution in [2.45, 2.75) is 0 Å². The van der Waals surface area contributed by atoms with Gasteiger partial charge in [0.2, 0.25) is 0 Å². The van der Waals surface area contributed by atoms with Crippen LogP contribution in [0.25, 0.3) is 42.9 Å². The number of imidazole rings is 1. The third-order valence-electron chi connectivity index (χ3n) is 4.70. The van der Waals surface area contributed by atoms with Gasteiger partial charge in [0.1, 0.15) is 18.1 Å². The minimum atomic E-state index is 0.911. The summed E-state index contributed by atoms with van der Waals surface area (Å²) in [5, 5.41) is 0. The summed E-state index contributed by atoms with van der Waals surface area (Å²) in [6, 6.07) is 22.7. The fourth-order valence-corrected chi connectivity index (χ4v) is 4.59. The van der Waals surface area contributed by atoms with Gasteiger partial charge in [0.25, 0.3) is 0 Å². The topological polar surface area (TPSA) is 34.1 Å². The molecular weight excluding hydrogens is 340 g/mol. The maximum absolute atomic E-state index is 4.79. The lowest BCUT2D eigenvalue weighted by molar-refractivity contribution is -0.564. The molecule has 3 heterocycles. The Bertz CT molecular complexity index is 1440. The Balaban J connectivity index is 1.61. The number of hydrogen-bond acceptors (Lipinski definition) is 3. The van der Waals surface area contributed by atoms with E-state index in [-0.39, 0.29) is 0 Å². The van der Waals surface area contributed by atoms with Gasteiger partial charge in [-0.15, -0.1) is 0 Å². The molecule has 4 nitrogen and oxygen atoms in total. The van der Waals surface area contributed by atoms with Gasteiger partial charge >= 0.3 is 4.96 Å². The third kappa shape index (κ3) is 1.92. The second kappa shape index (κ2) is 5.09. The summed E-state index contributed by atoms with van der Waals surface area (Å²) >= 11 is 1.79. The Morgan fingerprint density at radius 1 is 0.769 bits per heavy atom. The van der Waals surface area contributed by atoms with Crippen molar-refractivity contribution >= 4 is 48.6 Å². The van der Waals surface area contributed by atoms with E-state index in [0.29, 0.717) is 0 Å². The molecule has 0 unspecified atom stereocenters. The SMILES string of the molecule is c1ccc2nc3cc(-[n+]4ccn5c6ccccc6sc54)ccc3nc2c1. The van der Waals surface area contributed by atoms with E-state index in [2.05, 4.69) is 57.8 Å². The molecule has 0 atom stereocenters. The highest BCUT2D eigenvalue weighted by molar-refractivity contribution is 7.23. The van der Waals surface area contributed by atoms with Gasteiger partial charge < -0.3 is 0 Å². The number of para-hydroxylation sites is 3. The lowest BCUT2D eigenvalue weighted by atomic mass is 10.2. The van der Waals surface area contributed by atoms with Crippen LogP contribution < -0.4 is 4.57 Å². The highest BCUT2D eigenvalue weighted by atomic mass is 32.1. The molecule has 0 amide bonds. The number of benzene rings is 3. The van der Waals surface area contributed by atoms with Crippen LogP contribution in [0.2, 0.25) is 0 Å². The van der Waals surface area contributed by atoms with Crippen molar-refractivity contribution in [2.24, 2.45) is 0 Å². The van der Waals surface area contributed by atoms with Crippen LogP contribution in [0.4, 0.5) is 0 Å². The predicted molar refractivity (Wildman–Crippen MR) is 105 cm³/mol. The van der Waals surface area contributed by atoms with Gasteiger partial charge in [0.05, 0.1) is 26.8 Å². The molecule has 0 aliphatic heterocycles. The van der Waals surface area contributed by atoms with E-state index in [4.69, 9.17) is 9.97 Å². The molecule has 0 radical (unpaired) electrons. The van der Waals surface area contributed by atoms with Crippen LogP contribution in [0.3, 0.4) is 0 Å². The zero-order chi connectivity index (χ0) is 17.1. The molecule has 0 N–H and O–H groups in total. The third-order valence-corrected chi connectivity index (χ3v) is 5.84. The number of rotatable bonds is 1. The smallest absolute Gasteiger partial charge is 0.244 e. The molecule has 0 saturated carbocycles. The first-order valence-electron chi connectivity index (χ1n) is 8.44. The summed E-state index contributed by atoms with van der Waals surface area (Å²) in [4.78, 5) is 10.7.